The van der Waals surface area contributed by atoms with E-state index in [1.165, 1.54) is 0 Å². The van der Waals surface area contributed by atoms with Crippen LogP contribution in [-0.2, 0) is 6.42 Å². The molecule has 0 bridgehead atoms. The van der Waals surface area contributed by atoms with Gasteiger partial charge in [0.05, 0.1) is 18.3 Å². The van der Waals surface area contributed by atoms with Crippen LogP contribution < -0.4 is 4.74 Å². The topological polar surface area (TPSA) is 75.5 Å². The van der Waals surface area contributed by atoms with Gasteiger partial charge in [0, 0.05) is 6.42 Å². The van der Waals surface area contributed by atoms with Gasteiger partial charge in [0.15, 0.2) is 0 Å². The minimum atomic E-state index is -0.892. The van der Waals surface area contributed by atoms with Crippen LogP contribution in [-0.4, -0.2) is 38.3 Å². The Morgan fingerprint density at radius 2 is 2.00 bits per heavy atom. The van der Waals surface area contributed by atoms with E-state index < -0.39 is 6.10 Å². The van der Waals surface area contributed by atoms with E-state index in [0.717, 1.165) is 23.0 Å². The summed E-state index contributed by atoms with van der Waals surface area (Å²) in [6.45, 7) is -0.310. The van der Waals surface area contributed by atoms with Crippen LogP contribution in [0.15, 0.2) is 30.3 Å². The zero-order valence-corrected chi connectivity index (χ0v) is 10.5. The van der Waals surface area contributed by atoms with E-state index in [9.17, 15) is 5.11 Å². The molecule has 0 aliphatic rings. The number of aliphatic hydroxyl groups excluding tert-OH is 2. The average Bonchev–Trinajstić information content (AvgIpc) is 2.84. The summed E-state index contributed by atoms with van der Waals surface area (Å²) in [6, 6.07) is 9.89. The van der Waals surface area contributed by atoms with Crippen LogP contribution in [0, 0.1) is 0 Å². The number of benzene rings is 1. The first-order valence-electron chi connectivity index (χ1n) is 5.56. The number of hydrogen-bond donors (Lipinski definition) is 2. The van der Waals surface area contributed by atoms with Crippen molar-refractivity contribution < 1.29 is 14.9 Å². The van der Waals surface area contributed by atoms with Gasteiger partial charge in [0.25, 0.3) is 0 Å². The van der Waals surface area contributed by atoms with Gasteiger partial charge >= 0.3 is 0 Å². The molecule has 0 spiro atoms. The summed E-state index contributed by atoms with van der Waals surface area (Å²) in [4.78, 5) is 0. The molecule has 5 nitrogen and oxygen atoms in total. The lowest BCUT2D eigenvalue weighted by atomic mass is 10.1. The third kappa shape index (κ3) is 3.49. The molecule has 2 aromatic rings. The van der Waals surface area contributed by atoms with Crippen molar-refractivity contribution >= 4 is 11.7 Å². The minimum Gasteiger partial charge on any atom is -0.473 e. The van der Waals surface area contributed by atoms with Crippen LogP contribution in [0.4, 0.5) is 0 Å². The first kappa shape index (κ1) is 12.9. The van der Waals surface area contributed by atoms with E-state index in [2.05, 4.69) is 8.75 Å². The highest BCUT2D eigenvalue weighted by atomic mass is 32.1. The van der Waals surface area contributed by atoms with E-state index in [1.54, 1.807) is 0 Å². The fraction of sp³-hybridized carbons (Fsp3) is 0.333. The summed E-state index contributed by atoms with van der Waals surface area (Å²) >= 11 is 1.08. The molecule has 1 aromatic carbocycles. The minimum absolute atomic E-state index is 0.0176. The fourth-order valence-electron chi connectivity index (χ4n) is 1.43. The molecule has 1 heterocycles. The molecule has 96 valence electrons. The van der Waals surface area contributed by atoms with Crippen molar-refractivity contribution in [1.29, 1.82) is 0 Å². The zero-order valence-electron chi connectivity index (χ0n) is 9.69. The van der Waals surface area contributed by atoms with Gasteiger partial charge in [0.2, 0.25) is 5.88 Å². The molecule has 1 aromatic heterocycles. The van der Waals surface area contributed by atoms with Gasteiger partial charge in [-0.05, 0) is 5.56 Å². The van der Waals surface area contributed by atoms with Crippen molar-refractivity contribution in [3.8, 4) is 5.88 Å². The normalized spacial score (nSPS) is 12.3. The molecule has 0 amide bonds. The second-order valence-electron chi connectivity index (χ2n) is 3.83. The number of rotatable bonds is 6. The van der Waals surface area contributed by atoms with E-state index >= 15 is 0 Å². The fourth-order valence-corrected chi connectivity index (χ4v) is 1.95. The molecule has 0 aliphatic carbocycles. The lowest BCUT2D eigenvalue weighted by Gasteiger charge is -2.08. The molecule has 0 radical (unpaired) electrons. The Balaban J connectivity index is 1.99. The van der Waals surface area contributed by atoms with Gasteiger partial charge in [-0.1, -0.05) is 30.3 Å². The van der Waals surface area contributed by atoms with Gasteiger partial charge in [-0.25, -0.2) is 0 Å². The molecule has 18 heavy (non-hydrogen) atoms. The maximum Gasteiger partial charge on any atom is 0.249 e. The van der Waals surface area contributed by atoms with Gasteiger partial charge in [-0.2, -0.15) is 4.37 Å². The Bertz CT molecular complexity index is 475. The Morgan fingerprint density at radius 3 is 2.72 bits per heavy atom. The molecule has 0 saturated carbocycles. The van der Waals surface area contributed by atoms with Gasteiger partial charge in [-0.3, -0.25) is 0 Å². The van der Waals surface area contributed by atoms with Crippen LogP contribution in [0.25, 0.3) is 0 Å². The van der Waals surface area contributed by atoms with Gasteiger partial charge in [-0.15, -0.1) is 4.37 Å². The van der Waals surface area contributed by atoms with Gasteiger partial charge in [0.1, 0.15) is 18.4 Å². The Hall–Kier alpha value is -1.50. The molecule has 0 fully saturated rings. The molecule has 1 atom stereocenters. The van der Waals surface area contributed by atoms with E-state index in [4.69, 9.17) is 9.84 Å². The number of ether oxygens (including phenoxy) is 1. The first-order valence-corrected chi connectivity index (χ1v) is 6.29. The van der Waals surface area contributed by atoms with Crippen molar-refractivity contribution in [2.24, 2.45) is 0 Å². The van der Waals surface area contributed by atoms with Crippen LogP contribution >= 0.6 is 11.7 Å². The third-order valence-corrected chi connectivity index (χ3v) is 2.91. The molecular weight excluding hydrogens is 252 g/mol. The summed E-state index contributed by atoms with van der Waals surface area (Å²) in [7, 11) is 0. The zero-order chi connectivity index (χ0) is 12.8. The largest absolute Gasteiger partial charge is 0.473 e. The number of aliphatic hydroxyl groups is 2. The number of hydrogen-bond acceptors (Lipinski definition) is 6. The smallest absolute Gasteiger partial charge is 0.249 e. The van der Waals surface area contributed by atoms with Crippen LogP contribution in [0.1, 0.15) is 11.3 Å². The van der Waals surface area contributed by atoms with Crippen molar-refractivity contribution in [2.75, 3.05) is 13.2 Å². The SMILES string of the molecule is OCC(O)COc1nsnc1Cc1ccccc1. The Morgan fingerprint density at radius 1 is 1.22 bits per heavy atom. The molecule has 2 rings (SSSR count). The molecule has 1 unspecified atom stereocenters. The highest BCUT2D eigenvalue weighted by molar-refractivity contribution is 6.99. The van der Waals surface area contributed by atoms with E-state index in [-0.39, 0.29) is 13.2 Å². The number of aromatic nitrogens is 2. The lowest BCUT2D eigenvalue weighted by molar-refractivity contribution is 0.0521. The second-order valence-corrected chi connectivity index (χ2v) is 4.35. The van der Waals surface area contributed by atoms with Crippen molar-refractivity contribution in [2.45, 2.75) is 12.5 Å². The second kappa shape index (κ2) is 6.44. The molecule has 6 heteroatoms. The van der Waals surface area contributed by atoms with Crippen LogP contribution in [0.5, 0.6) is 5.88 Å². The summed E-state index contributed by atoms with van der Waals surface area (Å²) in [5.41, 5.74) is 1.87. The van der Waals surface area contributed by atoms with E-state index in [1.807, 2.05) is 30.3 Å². The Labute approximate surface area is 109 Å². The summed E-state index contributed by atoms with van der Waals surface area (Å²) in [6.07, 6.45) is -0.252. The lowest BCUT2D eigenvalue weighted by Crippen LogP contribution is -2.21. The summed E-state index contributed by atoms with van der Waals surface area (Å²) in [5, 5.41) is 17.9. The predicted molar refractivity (Wildman–Crippen MR) is 67.7 cm³/mol. The highest BCUT2D eigenvalue weighted by Gasteiger charge is 2.12. The van der Waals surface area contributed by atoms with Crippen molar-refractivity contribution in [1.82, 2.24) is 8.75 Å². The molecule has 0 aliphatic heterocycles. The summed E-state index contributed by atoms with van der Waals surface area (Å²) < 4.78 is 13.5. The average molecular weight is 266 g/mol. The van der Waals surface area contributed by atoms with E-state index in [0.29, 0.717) is 12.3 Å². The third-order valence-electron chi connectivity index (χ3n) is 2.36. The maximum absolute atomic E-state index is 9.22. The van der Waals surface area contributed by atoms with Crippen molar-refractivity contribution in [3.05, 3.63) is 41.6 Å². The van der Waals surface area contributed by atoms with Crippen LogP contribution in [0.3, 0.4) is 0 Å². The molecular formula is C12H14N2O3S. The maximum atomic E-state index is 9.22. The molecule has 0 saturated heterocycles. The predicted octanol–water partition coefficient (Wildman–Crippen LogP) is 0.861. The molecule has 2 N–H and O–H groups in total. The highest BCUT2D eigenvalue weighted by Crippen LogP contribution is 2.19. The Kier molecular flexibility index (Phi) is 4.63. The quantitative estimate of drug-likeness (QED) is 0.811. The first-order chi connectivity index (χ1) is 8.79. The van der Waals surface area contributed by atoms with Gasteiger partial charge < -0.3 is 14.9 Å². The summed E-state index contributed by atoms with van der Waals surface area (Å²) in [5.74, 6) is 0.427. The van der Waals surface area contributed by atoms with Crippen molar-refractivity contribution in [3.63, 3.8) is 0 Å². The standard InChI is InChI=1S/C12H14N2O3S/c15-7-10(16)8-17-12-11(13-18-14-12)6-9-4-2-1-3-5-9/h1-5,10,15-16H,6-8H2. The number of nitrogens with zero attached hydrogens (tertiary/aromatic N) is 2. The monoisotopic (exact) mass is 266 g/mol. The van der Waals surface area contributed by atoms with Crippen LogP contribution in [0.2, 0.25) is 0 Å².